The van der Waals surface area contributed by atoms with Crippen molar-refractivity contribution in [1.82, 2.24) is 10.9 Å². The van der Waals surface area contributed by atoms with E-state index >= 15 is 0 Å². The molecule has 0 saturated heterocycles. The molecule has 0 aliphatic carbocycles. The van der Waals surface area contributed by atoms with Crippen LogP contribution in [0.5, 0.6) is 0 Å². The van der Waals surface area contributed by atoms with Crippen LogP contribution in [0.25, 0.3) is 0 Å². The summed E-state index contributed by atoms with van der Waals surface area (Å²) in [6.45, 7) is 15.3. The van der Waals surface area contributed by atoms with Crippen LogP contribution in [0.4, 0.5) is 0 Å². The van der Waals surface area contributed by atoms with Crippen LogP contribution in [-0.2, 0) is 0 Å². The molecule has 0 aromatic heterocycles. The predicted octanol–water partition coefficient (Wildman–Crippen LogP) is 3.68. The number of nitrogens with zero attached hydrogens (tertiary/aromatic N) is 2. The topological polar surface area (TPSA) is 48.8 Å². The van der Waals surface area contributed by atoms with Crippen molar-refractivity contribution in [2.24, 2.45) is 16.1 Å². The lowest BCUT2D eigenvalue weighted by Gasteiger charge is -2.27. The molecule has 2 rings (SSSR count). The van der Waals surface area contributed by atoms with Crippen LogP contribution in [0.2, 0.25) is 0 Å². The average molecular weight is 280 g/mol. The molecule has 2 aliphatic heterocycles. The second-order valence-corrected chi connectivity index (χ2v) is 6.59. The normalized spacial score (nSPS) is 35.5. The van der Waals surface area contributed by atoms with Crippen LogP contribution in [-0.4, -0.2) is 22.5 Å². The quantitative estimate of drug-likeness (QED) is 0.828. The molecule has 0 aromatic rings. The highest BCUT2D eigenvalue weighted by molar-refractivity contribution is 5.87. The number of rotatable bonds is 3. The molecule has 0 saturated carbocycles. The minimum Gasteiger partial charge on any atom is -0.304 e. The molecule has 20 heavy (non-hydrogen) atoms. The first-order valence-corrected chi connectivity index (χ1v) is 7.94. The van der Waals surface area contributed by atoms with Crippen molar-refractivity contribution < 1.29 is 0 Å². The fourth-order valence-electron chi connectivity index (χ4n) is 2.41. The van der Waals surface area contributed by atoms with Gasteiger partial charge < -0.3 is 10.9 Å². The standard InChI is InChI=1S/2C8H16N2/c1-5-8(4)6(2)7(3)9-10-8;1-4-7-6-8(3,5-2)10-9-7/h6,10H,5H2,1-4H3;10H,4-6H2,1-3H3. The largest absolute Gasteiger partial charge is 0.304 e. The molecule has 0 radical (unpaired) electrons. The van der Waals surface area contributed by atoms with Gasteiger partial charge in [0.2, 0.25) is 0 Å². The smallest absolute Gasteiger partial charge is 0.0596 e. The molecule has 2 aliphatic rings. The lowest BCUT2D eigenvalue weighted by atomic mass is 9.84. The molecule has 4 heteroatoms. The van der Waals surface area contributed by atoms with E-state index in [0.717, 1.165) is 25.7 Å². The molecule has 3 unspecified atom stereocenters. The molecule has 0 bridgehead atoms. The lowest BCUT2D eigenvalue weighted by molar-refractivity contribution is 0.323. The number of nitrogens with one attached hydrogen (secondary N) is 2. The first-order chi connectivity index (χ1) is 9.30. The lowest BCUT2D eigenvalue weighted by Crippen LogP contribution is -2.40. The van der Waals surface area contributed by atoms with E-state index in [2.05, 4.69) is 69.5 Å². The summed E-state index contributed by atoms with van der Waals surface area (Å²) < 4.78 is 0. The van der Waals surface area contributed by atoms with Crippen molar-refractivity contribution in [3.63, 3.8) is 0 Å². The van der Waals surface area contributed by atoms with Gasteiger partial charge in [-0.3, -0.25) is 0 Å². The Balaban J connectivity index is 0.000000200. The monoisotopic (exact) mass is 280 g/mol. The Bertz CT molecular complexity index is 386. The van der Waals surface area contributed by atoms with Gasteiger partial charge in [0, 0.05) is 23.8 Å². The van der Waals surface area contributed by atoms with E-state index in [1.54, 1.807) is 0 Å². The first kappa shape index (κ1) is 17.0. The van der Waals surface area contributed by atoms with Crippen molar-refractivity contribution in [3.8, 4) is 0 Å². The SMILES string of the molecule is CCC1(C)NN=C(C)C1C.CCC1=NNC(C)(CC)C1. The van der Waals surface area contributed by atoms with Crippen LogP contribution in [0.15, 0.2) is 10.2 Å². The van der Waals surface area contributed by atoms with E-state index in [0.29, 0.717) is 5.92 Å². The van der Waals surface area contributed by atoms with Gasteiger partial charge in [0.1, 0.15) is 0 Å². The van der Waals surface area contributed by atoms with Crippen LogP contribution < -0.4 is 10.9 Å². The van der Waals surface area contributed by atoms with E-state index < -0.39 is 0 Å². The minimum atomic E-state index is 0.212. The van der Waals surface area contributed by atoms with E-state index in [-0.39, 0.29) is 11.1 Å². The number of hydrazone groups is 2. The van der Waals surface area contributed by atoms with Gasteiger partial charge in [-0.15, -0.1) is 0 Å². The highest BCUT2D eigenvalue weighted by Gasteiger charge is 2.35. The summed E-state index contributed by atoms with van der Waals surface area (Å²) in [7, 11) is 0. The molecule has 0 amide bonds. The molecule has 0 aromatic carbocycles. The van der Waals surface area contributed by atoms with Gasteiger partial charge in [-0.05, 0) is 40.0 Å². The summed E-state index contributed by atoms with van der Waals surface area (Å²) in [6.07, 6.45) is 4.50. The van der Waals surface area contributed by atoms with E-state index in [1.807, 2.05) is 0 Å². The van der Waals surface area contributed by atoms with E-state index in [4.69, 9.17) is 0 Å². The summed E-state index contributed by atoms with van der Waals surface area (Å²) in [5.74, 6) is 0.581. The zero-order valence-corrected chi connectivity index (χ0v) is 14.3. The van der Waals surface area contributed by atoms with Crippen molar-refractivity contribution in [3.05, 3.63) is 0 Å². The molecular weight excluding hydrogens is 248 g/mol. The van der Waals surface area contributed by atoms with Gasteiger partial charge in [-0.25, -0.2) is 0 Å². The fraction of sp³-hybridized carbons (Fsp3) is 0.875. The minimum absolute atomic E-state index is 0.212. The molecule has 3 atom stereocenters. The van der Waals surface area contributed by atoms with Gasteiger partial charge >= 0.3 is 0 Å². The van der Waals surface area contributed by atoms with Gasteiger partial charge in [0.15, 0.2) is 0 Å². The van der Waals surface area contributed by atoms with Crippen LogP contribution in [0.1, 0.15) is 74.1 Å². The first-order valence-electron chi connectivity index (χ1n) is 7.94. The molecule has 0 spiro atoms. The second-order valence-electron chi connectivity index (χ2n) is 6.59. The van der Waals surface area contributed by atoms with Crippen LogP contribution >= 0.6 is 0 Å². The van der Waals surface area contributed by atoms with Gasteiger partial charge in [0.05, 0.1) is 11.1 Å². The van der Waals surface area contributed by atoms with Crippen molar-refractivity contribution >= 4 is 11.4 Å². The van der Waals surface area contributed by atoms with Gasteiger partial charge in [-0.1, -0.05) is 27.7 Å². The van der Waals surface area contributed by atoms with Gasteiger partial charge in [0.25, 0.3) is 0 Å². The fourth-order valence-corrected chi connectivity index (χ4v) is 2.41. The van der Waals surface area contributed by atoms with Crippen molar-refractivity contribution in [2.75, 3.05) is 0 Å². The number of hydrogen-bond donors (Lipinski definition) is 2. The number of hydrogen-bond acceptors (Lipinski definition) is 4. The van der Waals surface area contributed by atoms with E-state index in [9.17, 15) is 0 Å². The molecule has 2 heterocycles. The maximum atomic E-state index is 4.24. The average Bonchev–Trinajstić information content (AvgIpc) is 2.97. The summed E-state index contributed by atoms with van der Waals surface area (Å²) in [5, 5.41) is 8.45. The maximum absolute atomic E-state index is 4.24. The van der Waals surface area contributed by atoms with Crippen molar-refractivity contribution in [1.29, 1.82) is 0 Å². The zero-order chi connectivity index (χ0) is 15.4. The molecule has 0 fully saturated rings. The van der Waals surface area contributed by atoms with Crippen LogP contribution in [0.3, 0.4) is 0 Å². The Labute approximate surface area is 124 Å². The second kappa shape index (κ2) is 6.59. The van der Waals surface area contributed by atoms with Gasteiger partial charge in [-0.2, -0.15) is 10.2 Å². The Morgan fingerprint density at radius 3 is 2.00 bits per heavy atom. The predicted molar refractivity (Wildman–Crippen MR) is 88.3 cm³/mol. The zero-order valence-electron chi connectivity index (χ0n) is 14.3. The summed E-state index contributed by atoms with van der Waals surface area (Å²) >= 11 is 0. The third-order valence-electron chi connectivity index (χ3n) is 5.07. The molecular formula is C16H32N4. The summed E-state index contributed by atoms with van der Waals surface area (Å²) in [6, 6.07) is 0. The summed E-state index contributed by atoms with van der Waals surface area (Å²) in [4.78, 5) is 0. The molecule has 116 valence electrons. The molecule has 2 N–H and O–H groups in total. The summed E-state index contributed by atoms with van der Waals surface area (Å²) in [5.41, 5.74) is 9.35. The maximum Gasteiger partial charge on any atom is 0.0596 e. The van der Waals surface area contributed by atoms with E-state index in [1.165, 1.54) is 11.4 Å². The Hall–Kier alpha value is -1.06. The Kier molecular flexibility index (Phi) is 5.60. The highest BCUT2D eigenvalue weighted by Crippen LogP contribution is 2.26. The van der Waals surface area contributed by atoms with Crippen molar-refractivity contribution in [2.45, 2.75) is 85.2 Å². The Morgan fingerprint density at radius 1 is 1.10 bits per heavy atom. The van der Waals surface area contributed by atoms with Crippen LogP contribution in [0, 0.1) is 5.92 Å². The third kappa shape index (κ3) is 3.74. The third-order valence-corrected chi connectivity index (χ3v) is 5.07. The highest BCUT2D eigenvalue weighted by atomic mass is 15.4. The Morgan fingerprint density at radius 2 is 1.75 bits per heavy atom. The molecule has 4 nitrogen and oxygen atoms in total.